The Labute approximate surface area is 80.1 Å². The maximum atomic E-state index is 9.59. The number of rotatable bonds is 1. The Kier molecular flexibility index (Phi) is 1.88. The topological polar surface area (TPSA) is 40.5 Å². The van der Waals surface area contributed by atoms with Crippen LogP contribution >= 0.6 is 11.3 Å². The van der Waals surface area contributed by atoms with Gasteiger partial charge in [-0.25, -0.2) is 0 Å². The normalized spacial score (nSPS) is 10.8. The molecule has 2 N–H and O–H groups in total. The molecule has 0 radical (unpaired) electrons. The molecular formula is C10H10O2S. The first-order valence-electron chi connectivity index (χ1n) is 4.15. The summed E-state index contributed by atoms with van der Waals surface area (Å²) in [5.41, 5.74) is 1.09. The number of benzene rings is 1. The molecule has 13 heavy (non-hydrogen) atoms. The van der Waals surface area contributed by atoms with Crippen LogP contribution < -0.4 is 0 Å². The smallest absolute Gasteiger partial charge is 0.133 e. The molecule has 1 aromatic carbocycles. The molecule has 0 aliphatic carbocycles. The van der Waals surface area contributed by atoms with Crippen molar-refractivity contribution in [2.45, 2.75) is 13.3 Å². The van der Waals surface area contributed by atoms with Gasteiger partial charge in [0.1, 0.15) is 11.5 Å². The molecule has 3 heteroatoms. The molecule has 0 saturated carbocycles. The first-order chi connectivity index (χ1) is 6.24. The van der Waals surface area contributed by atoms with Crippen LogP contribution in [0.15, 0.2) is 17.5 Å². The van der Waals surface area contributed by atoms with Crippen LogP contribution in [0.1, 0.15) is 12.5 Å². The first kappa shape index (κ1) is 8.38. The Morgan fingerprint density at radius 1 is 1.23 bits per heavy atom. The number of hydrogen-bond acceptors (Lipinski definition) is 3. The minimum Gasteiger partial charge on any atom is -0.507 e. The van der Waals surface area contributed by atoms with E-state index in [-0.39, 0.29) is 11.5 Å². The van der Waals surface area contributed by atoms with Gasteiger partial charge in [0, 0.05) is 5.39 Å². The lowest BCUT2D eigenvalue weighted by atomic mass is 10.1. The number of thiophene rings is 1. The van der Waals surface area contributed by atoms with Crippen LogP contribution in [0.2, 0.25) is 0 Å². The van der Waals surface area contributed by atoms with Crippen LogP contribution in [0, 0.1) is 0 Å². The zero-order valence-corrected chi connectivity index (χ0v) is 8.06. The predicted molar refractivity (Wildman–Crippen MR) is 54.5 cm³/mol. The number of hydrogen-bond donors (Lipinski definition) is 2. The molecule has 1 aromatic heterocycles. The van der Waals surface area contributed by atoms with E-state index in [1.54, 1.807) is 0 Å². The Bertz CT molecular complexity index is 445. The van der Waals surface area contributed by atoms with E-state index in [1.165, 1.54) is 23.5 Å². The number of phenols is 2. The maximum Gasteiger partial charge on any atom is 0.133 e. The molecule has 1 heterocycles. The third-order valence-corrected chi connectivity index (χ3v) is 3.19. The summed E-state index contributed by atoms with van der Waals surface area (Å²) in [4.78, 5) is 0. The quantitative estimate of drug-likeness (QED) is 0.685. The van der Waals surface area contributed by atoms with E-state index in [9.17, 15) is 10.2 Å². The third-order valence-electron chi connectivity index (χ3n) is 2.14. The highest BCUT2D eigenvalue weighted by Gasteiger charge is 2.10. The Balaban J connectivity index is 2.87. The van der Waals surface area contributed by atoms with Crippen LogP contribution in [-0.4, -0.2) is 10.2 Å². The van der Waals surface area contributed by atoms with Gasteiger partial charge in [0.25, 0.3) is 0 Å². The summed E-state index contributed by atoms with van der Waals surface area (Å²) in [6, 6.07) is 3.05. The third kappa shape index (κ3) is 1.16. The monoisotopic (exact) mass is 194 g/mol. The lowest BCUT2D eigenvalue weighted by Gasteiger charge is -1.99. The molecule has 2 nitrogen and oxygen atoms in total. The summed E-state index contributed by atoms with van der Waals surface area (Å²) in [6.07, 6.45) is 0.872. The van der Waals surface area contributed by atoms with E-state index < -0.39 is 0 Å². The van der Waals surface area contributed by atoms with E-state index in [0.29, 0.717) is 0 Å². The van der Waals surface area contributed by atoms with Crippen LogP contribution in [-0.2, 0) is 6.42 Å². The van der Waals surface area contributed by atoms with Gasteiger partial charge in [-0.2, -0.15) is 0 Å². The standard InChI is InChI=1S/C10H10O2S/c1-2-6-5-13-10-8(12)4-3-7(11)9(6)10/h3-5,11-12H,2H2,1H3. The molecule has 2 rings (SSSR count). The van der Waals surface area contributed by atoms with Crippen molar-refractivity contribution in [2.75, 3.05) is 0 Å². The van der Waals surface area contributed by atoms with Crippen LogP contribution in [0.3, 0.4) is 0 Å². The van der Waals surface area contributed by atoms with Gasteiger partial charge in [-0.3, -0.25) is 0 Å². The van der Waals surface area contributed by atoms with Gasteiger partial charge < -0.3 is 10.2 Å². The average molecular weight is 194 g/mol. The van der Waals surface area contributed by atoms with E-state index >= 15 is 0 Å². The van der Waals surface area contributed by atoms with E-state index in [4.69, 9.17) is 0 Å². The Hall–Kier alpha value is -1.22. The fraction of sp³-hybridized carbons (Fsp3) is 0.200. The molecule has 0 amide bonds. The van der Waals surface area contributed by atoms with Crippen LogP contribution in [0.25, 0.3) is 10.1 Å². The molecule has 68 valence electrons. The van der Waals surface area contributed by atoms with Crippen LogP contribution in [0.5, 0.6) is 11.5 Å². The van der Waals surface area contributed by atoms with Gasteiger partial charge in [-0.05, 0) is 29.5 Å². The fourth-order valence-electron chi connectivity index (χ4n) is 1.44. The second kappa shape index (κ2) is 2.92. The minimum absolute atomic E-state index is 0.248. The number of aromatic hydroxyl groups is 2. The maximum absolute atomic E-state index is 9.59. The zero-order valence-electron chi connectivity index (χ0n) is 7.24. The Morgan fingerprint density at radius 3 is 2.62 bits per heavy atom. The summed E-state index contributed by atoms with van der Waals surface area (Å²) >= 11 is 1.47. The number of fused-ring (bicyclic) bond motifs is 1. The van der Waals surface area contributed by atoms with Crippen molar-refractivity contribution in [2.24, 2.45) is 0 Å². The minimum atomic E-state index is 0.248. The summed E-state index contributed by atoms with van der Waals surface area (Å²) in [6.45, 7) is 2.03. The number of phenolic OH excluding ortho intramolecular Hbond substituents is 2. The second-order valence-corrected chi connectivity index (χ2v) is 3.80. The lowest BCUT2D eigenvalue weighted by Crippen LogP contribution is -1.76. The zero-order chi connectivity index (χ0) is 9.42. The van der Waals surface area contributed by atoms with Crippen molar-refractivity contribution in [1.29, 1.82) is 0 Å². The highest BCUT2D eigenvalue weighted by molar-refractivity contribution is 7.17. The van der Waals surface area contributed by atoms with Crippen molar-refractivity contribution < 1.29 is 10.2 Å². The highest BCUT2D eigenvalue weighted by Crippen LogP contribution is 2.38. The van der Waals surface area contributed by atoms with E-state index in [1.807, 2.05) is 12.3 Å². The molecule has 0 unspecified atom stereocenters. The number of aryl methyl sites for hydroxylation is 1. The van der Waals surface area contributed by atoms with Crippen molar-refractivity contribution in [3.05, 3.63) is 23.1 Å². The molecule has 0 aliphatic rings. The Morgan fingerprint density at radius 2 is 1.92 bits per heavy atom. The van der Waals surface area contributed by atoms with Crippen molar-refractivity contribution >= 4 is 21.4 Å². The largest absolute Gasteiger partial charge is 0.507 e. The predicted octanol–water partition coefficient (Wildman–Crippen LogP) is 2.87. The van der Waals surface area contributed by atoms with Crippen LogP contribution in [0.4, 0.5) is 0 Å². The summed E-state index contributed by atoms with van der Waals surface area (Å²) in [7, 11) is 0. The van der Waals surface area contributed by atoms with Crippen molar-refractivity contribution in [3.63, 3.8) is 0 Å². The molecule has 0 fully saturated rings. The summed E-state index contributed by atoms with van der Waals surface area (Å²) in [5, 5.41) is 21.9. The van der Waals surface area contributed by atoms with Gasteiger partial charge in [-0.1, -0.05) is 6.92 Å². The molecule has 0 aliphatic heterocycles. The lowest BCUT2D eigenvalue weighted by molar-refractivity contribution is 0.470. The van der Waals surface area contributed by atoms with Crippen molar-refractivity contribution in [3.8, 4) is 11.5 Å². The molecule has 2 aromatic rings. The second-order valence-electron chi connectivity index (χ2n) is 2.92. The molecule has 0 bridgehead atoms. The first-order valence-corrected chi connectivity index (χ1v) is 5.03. The van der Waals surface area contributed by atoms with Crippen molar-refractivity contribution in [1.82, 2.24) is 0 Å². The molecule has 0 saturated heterocycles. The molecule has 0 atom stereocenters. The SMILES string of the molecule is CCc1csc2c(O)ccc(O)c12. The highest BCUT2D eigenvalue weighted by atomic mass is 32.1. The summed E-state index contributed by atoms with van der Waals surface area (Å²) < 4.78 is 0.775. The van der Waals surface area contributed by atoms with Gasteiger partial charge >= 0.3 is 0 Å². The van der Waals surface area contributed by atoms with E-state index in [0.717, 1.165) is 22.1 Å². The molecule has 0 spiro atoms. The van der Waals surface area contributed by atoms with Gasteiger partial charge in [0.05, 0.1) is 4.70 Å². The van der Waals surface area contributed by atoms with Gasteiger partial charge in [0.15, 0.2) is 0 Å². The average Bonchev–Trinajstić information content (AvgIpc) is 2.56. The molecular weight excluding hydrogens is 184 g/mol. The van der Waals surface area contributed by atoms with E-state index in [2.05, 4.69) is 0 Å². The fourth-order valence-corrected chi connectivity index (χ4v) is 2.53. The summed E-state index contributed by atoms with van der Waals surface area (Å²) in [5.74, 6) is 0.503. The van der Waals surface area contributed by atoms with Gasteiger partial charge in [-0.15, -0.1) is 11.3 Å². The van der Waals surface area contributed by atoms with Gasteiger partial charge in [0.2, 0.25) is 0 Å².